The molecule has 0 radical (unpaired) electrons. The zero-order valence-electron chi connectivity index (χ0n) is 17.5. The van der Waals surface area contributed by atoms with Gasteiger partial charge in [0.25, 0.3) is 21.8 Å². The van der Waals surface area contributed by atoms with E-state index in [1.807, 2.05) is 13.8 Å². The minimum absolute atomic E-state index is 0.102. The average Bonchev–Trinajstić information content (AvgIpc) is 2.71. The summed E-state index contributed by atoms with van der Waals surface area (Å²) in [6, 6.07) is 10.3. The number of ether oxygens (including phenoxy) is 1. The Labute approximate surface area is 177 Å². The fourth-order valence-corrected chi connectivity index (χ4v) is 3.76. The first-order valence-electron chi connectivity index (χ1n) is 9.55. The van der Waals surface area contributed by atoms with Crippen LogP contribution in [0.15, 0.2) is 47.4 Å². The molecule has 0 heterocycles. The largest absolute Gasteiger partial charge is 0.496 e. The van der Waals surface area contributed by atoms with Crippen molar-refractivity contribution in [2.45, 2.75) is 25.7 Å². The van der Waals surface area contributed by atoms with Crippen LogP contribution in [0.3, 0.4) is 0 Å². The van der Waals surface area contributed by atoms with Crippen molar-refractivity contribution >= 4 is 27.5 Å². The van der Waals surface area contributed by atoms with Crippen LogP contribution in [-0.4, -0.2) is 40.4 Å². The first-order valence-corrected chi connectivity index (χ1v) is 11.0. The number of hydrogen-bond acceptors (Lipinski definition) is 5. The Morgan fingerprint density at radius 3 is 2.30 bits per heavy atom. The predicted molar refractivity (Wildman–Crippen MR) is 115 cm³/mol. The first kappa shape index (κ1) is 23.2. The lowest BCUT2D eigenvalue weighted by Crippen LogP contribution is -2.28. The number of para-hydroxylation sites is 1. The number of hydrogen-bond donors (Lipinski definition) is 3. The van der Waals surface area contributed by atoms with Crippen molar-refractivity contribution in [1.82, 2.24) is 10.6 Å². The Morgan fingerprint density at radius 1 is 1.00 bits per heavy atom. The second-order valence-corrected chi connectivity index (χ2v) is 8.66. The quantitative estimate of drug-likeness (QED) is 0.563. The number of carbonyl (C=O) groups excluding carboxylic acids is 2. The summed E-state index contributed by atoms with van der Waals surface area (Å²) < 4.78 is 33.5. The van der Waals surface area contributed by atoms with Gasteiger partial charge in [-0.3, -0.25) is 14.3 Å². The molecule has 0 aromatic heterocycles. The van der Waals surface area contributed by atoms with Crippen molar-refractivity contribution in [3.63, 3.8) is 0 Å². The summed E-state index contributed by atoms with van der Waals surface area (Å²) in [4.78, 5) is 24.6. The number of rotatable bonds is 9. The highest BCUT2D eigenvalue weighted by molar-refractivity contribution is 7.92. The molecule has 0 aliphatic heterocycles. The van der Waals surface area contributed by atoms with Gasteiger partial charge < -0.3 is 15.4 Å². The van der Waals surface area contributed by atoms with Crippen molar-refractivity contribution in [3.8, 4) is 5.75 Å². The van der Waals surface area contributed by atoms with Crippen molar-refractivity contribution in [2.24, 2.45) is 5.92 Å². The van der Waals surface area contributed by atoms with E-state index in [9.17, 15) is 18.0 Å². The van der Waals surface area contributed by atoms with Crippen LogP contribution < -0.4 is 20.1 Å². The van der Waals surface area contributed by atoms with Crippen LogP contribution in [0.1, 0.15) is 41.5 Å². The molecule has 9 heteroatoms. The number of carbonyl (C=O) groups is 2. The first-order chi connectivity index (χ1) is 14.2. The summed E-state index contributed by atoms with van der Waals surface area (Å²) in [6.45, 7) is 6.54. The van der Waals surface area contributed by atoms with E-state index in [2.05, 4.69) is 15.4 Å². The lowest BCUT2D eigenvalue weighted by Gasteiger charge is -2.15. The molecule has 0 saturated carbocycles. The second-order valence-electron chi connectivity index (χ2n) is 6.98. The van der Waals surface area contributed by atoms with E-state index in [0.29, 0.717) is 13.1 Å². The molecule has 2 amide bonds. The number of amides is 2. The number of anilines is 1. The van der Waals surface area contributed by atoms with Crippen LogP contribution in [-0.2, 0) is 10.0 Å². The molecule has 162 valence electrons. The SMILES string of the molecule is CCNC(=O)c1cc(S(=O)(=O)Nc2ccccc2C(=O)NCC(C)C)ccc1OC. The van der Waals surface area contributed by atoms with Crippen molar-refractivity contribution in [1.29, 1.82) is 0 Å². The molecule has 2 aromatic rings. The molecule has 0 aliphatic carbocycles. The van der Waals surface area contributed by atoms with E-state index in [-0.39, 0.29) is 39.3 Å². The Morgan fingerprint density at radius 2 is 1.67 bits per heavy atom. The Hall–Kier alpha value is -3.07. The van der Waals surface area contributed by atoms with Gasteiger partial charge in [0.1, 0.15) is 5.75 Å². The van der Waals surface area contributed by atoms with Gasteiger partial charge in [0.2, 0.25) is 0 Å². The van der Waals surface area contributed by atoms with Crippen molar-refractivity contribution in [3.05, 3.63) is 53.6 Å². The van der Waals surface area contributed by atoms with Crippen LogP contribution in [0.25, 0.3) is 0 Å². The normalized spacial score (nSPS) is 11.1. The zero-order valence-corrected chi connectivity index (χ0v) is 18.3. The lowest BCUT2D eigenvalue weighted by molar-refractivity contribution is 0.0943. The maximum absolute atomic E-state index is 13.0. The molecule has 0 fully saturated rings. The van der Waals surface area contributed by atoms with E-state index in [0.717, 1.165) is 0 Å². The smallest absolute Gasteiger partial charge is 0.261 e. The summed E-state index contributed by atoms with van der Waals surface area (Å²) in [5.74, 6) is -0.308. The van der Waals surface area contributed by atoms with Gasteiger partial charge in [-0.25, -0.2) is 8.42 Å². The van der Waals surface area contributed by atoms with Gasteiger partial charge in [0.05, 0.1) is 28.8 Å². The minimum atomic E-state index is -4.06. The summed E-state index contributed by atoms with van der Waals surface area (Å²) >= 11 is 0. The van der Waals surface area contributed by atoms with E-state index in [1.165, 1.54) is 31.4 Å². The summed E-state index contributed by atoms with van der Waals surface area (Å²) in [5.41, 5.74) is 0.457. The molecule has 0 spiro atoms. The van der Waals surface area contributed by atoms with Gasteiger partial charge in [-0.1, -0.05) is 26.0 Å². The van der Waals surface area contributed by atoms with Crippen molar-refractivity contribution < 1.29 is 22.7 Å². The summed E-state index contributed by atoms with van der Waals surface area (Å²) in [6.07, 6.45) is 0. The Balaban J connectivity index is 2.37. The fourth-order valence-electron chi connectivity index (χ4n) is 2.65. The highest BCUT2D eigenvalue weighted by Gasteiger charge is 2.22. The molecule has 30 heavy (non-hydrogen) atoms. The summed E-state index contributed by atoms with van der Waals surface area (Å²) in [7, 11) is -2.66. The highest BCUT2D eigenvalue weighted by atomic mass is 32.2. The predicted octanol–water partition coefficient (Wildman–Crippen LogP) is 2.63. The molecule has 2 aromatic carbocycles. The molecule has 0 unspecified atom stereocenters. The Kier molecular flexibility index (Phi) is 7.82. The number of nitrogens with one attached hydrogen (secondary N) is 3. The maximum atomic E-state index is 13.0. The van der Waals surface area contributed by atoms with E-state index in [1.54, 1.807) is 25.1 Å². The third-order valence-corrected chi connectivity index (χ3v) is 5.51. The van der Waals surface area contributed by atoms with Crippen molar-refractivity contribution in [2.75, 3.05) is 24.9 Å². The zero-order chi connectivity index (χ0) is 22.3. The van der Waals surface area contributed by atoms with Crippen LogP contribution in [0.2, 0.25) is 0 Å². The molecule has 0 saturated heterocycles. The highest BCUT2D eigenvalue weighted by Crippen LogP contribution is 2.25. The molecule has 8 nitrogen and oxygen atoms in total. The van der Waals surface area contributed by atoms with Gasteiger partial charge >= 0.3 is 0 Å². The third kappa shape index (κ3) is 5.73. The van der Waals surface area contributed by atoms with E-state index in [4.69, 9.17) is 4.74 Å². The number of methoxy groups -OCH3 is 1. The second kappa shape index (κ2) is 10.1. The standard InChI is InChI=1S/C21H27N3O5S/c1-5-22-21(26)17-12-15(10-11-19(17)29-4)30(27,28)24-18-9-7-6-8-16(18)20(25)23-13-14(2)3/h6-12,14,24H,5,13H2,1-4H3,(H,22,26)(H,23,25). The minimum Gasteiger partial charge on any atom is -0.496 e. The van der Waals surface area contributed by atoms with Crippen LogP contribution in [0, 0.1) is 5.92 Å². The van der Waals surface area contributed by atoms with E-state index >= 15 is 0 Å². The monoisotopic (exact) mass is 433 g/mol. The van der Waals surface area contributed by atoms with Crippen LogP contribution in [0.5, 0.6) is 5.75 Å². The van der Waals surface area contributed by atoms with Gasteiger partial charge in [0.15, 0.2) is 0 Å². The number of sulfonamides is 1. The summed E-state index contributed by atoms with van der Waals surface area (Å²) in [5, 5.41) is 5.40. The van der Waals surface area contributed by atoms with Gasteiger partial charge in [0, 0.05) is 13.1 Å². The molecule has 3 N–H and O–H groups in total. The third-order valence-electron chi connectivity index (χ3n) is 4.15. The molecule has 0 bridgehead atoms. The fraction of sp³-hybridized carbons (Fsp3) is 0.333. The van der Waals surface area contributed by atoms with E-state index < -0.39 is 15.9 Å². The van der Waals surface area contributed by atoms with Crippen LogP contribution >= 0.6 is 0 Å². The average molecular weight is 434 g/mol. The maximum Gasteiger partial charge on any atom is 0.261 e. The Bertz CT molecular complexity index is 1020. The molecule has 0 aliphatic rings. The lowest BCUT2D eigenvalue weighted by atomic mass is 10.1. The molecule has 2 rings (SSSR count). The van der Waals surface area contributed by atoms with Crippen LogP contribution in [0.4, 0.5) is 5.69 Å². The molecular weight excluding hydrogens is 406 g/mol. The molecular formula is C21H27N3O5S. The topological polar surface area (TPSA) is 114 Å². The number of benzene rings is 2. The van der Waals surface area contributed by atoms with Gasteiger partial charge in [-0.15, -0.1) is 0 Å². The van der Waals surface area contributed by atoms with Gasteiger partial charge in [-0.05, 0) is 43.2 Å². The molecule has 0 atom stereocenters. The van der Waals surface area contributed by atoms with Gasteiger partial charge in [-0.2, -0.15) is 0 Å².